The average Bonchev–Trinajstić information content (AvgIpc) is 3.38. The fourth-order valence-corrected chi connectivity index (χ4v) is 5.96. The van der Waals surface area contributed by atoms with E-state index >= 15 is 0 Å². The number of carboxylic acid groups (broad SMARTS) is 1. The van der Waals surface area contributed by atoms with E-state index in [-0.39, 0.29) is 17.4 Å². The number of nitrogens with one attached hydrogen (secondary N) is 3. The van der Waals surface area contributed by atoms with Gasteiger partial charge in [0.15, 0.2) is 5.96 Å². The number of aromatic nitrogens is 1. The van der Waals surface area contributed by atoms with E-state index in [1.165, 1.54) is 10.9 Å². The van der Waals surface area contributed by atoms with Crippen LogP contribution < -0.4 is 5.32 Å². The monoisotopic (exact) mass is 553 g/mol. The molecule has 3 aromatic rings. The van der Waals surface area contributed by atoms with Gasteiger partial charge in [0.1, 0.15) is 17.7 Å². The molecule has 1 atom stereocenters. The van der Waals surface area contributed by atoms with Crippen LogP contribution in [0.5, 0.6) is 0 Å². The van der Waals surface area contributed by atoms with Crippen molar-refractivity contribution >= 4 is 28.7 Å². The van der Waals surface area contributed by atoms with Crippen LogP contribution in [0.2, 0.25) is 0 Å². The predicted octanol–water partition coefficient (Wildman–Crippen LogP) is 5.18. The Kier molecular flexibility index (Phi) is 9.52. The molecule has 0 spiro atoms. The second kappa shape index (κ2) is 13.0. The Balaban J connectivity index is 0.00000181. The maximum Gasteiger partial charge on any atom is 0.321 e. The van der Waals surface area contributed by atoms with E-state index in [4.69, 9.17) is 5.41 Å². The lowest BCUT2D eigenvalue weighted by Crippen LogP contribution is -2.53. The number of para-hydroxylation sites is 1. The molecule has 2 fully saturated rings. The van der Waals surface area contributed by atoms with Crippen LogP contribution in [0.25, 0.3) is 10.9 Å². The minimum absolute atomic E-state index is 0.0748. The van der Waals surface area contributed by atoms with E-state index in [2.05, 4.69) is 33.5 Å². The lowest BCUT2D eigenvalue weighted by Gasteiger charge is -2.42. The molecule has 214 valence electrons. The van der Waals surface area contributed by atoms with Gasteiger partial charge in [-0.05, 0) is 74.4 Å². The fraction of sp³-hybridized carbons (Fsp3) is 0.433. The zero-order chi connectivity index (χ0) is 28.8. The van der Waals surface area contributed by atoms with E-state index < -0.39 is 29.6 Å². The first-order chi connectivity index (χ1) is 19.3. The largest absolute Gasteiger partial charge is 0.480 e. The molecule has 2 saturated heterocycles. The van der Waals surface area contributed by atoms with E-state index in [0.717, 1.165) is 30.5 Å². The molecule has 0 aliphatic carbocycles. The summed E-state index contributed by atoms with van der Waals surface area (Å²) in [6, 6.07) is 10.1. The van der Waals surface area contributed by atoms with Crippen molar-refractivity contribution in [3.63, 3.8) is 0 Å². The molecule has 1 unspecified atom stereocenters. The maximum atomic E-state index is 13.4. The van der Waals surface area contributed by atoms with Crippen molar-refractivity contribution in [2.75, 3.05) is 26.2 Å². The van der Waals surface area contributed by atoms with Crippen molar-refractivity contribution in [1.29, 1.82) is 5.41 Å². The molecule has 0 radical (unpaired) electrons. The summed E-state index contributed by atoms with van der Waals surface area (Å²) in [6.07, 6.45) is 4.98. The zero-order valence-electron chi connectivity index (χ0n) is 22.9. The molecule has 8 nitrogen and oxygen atoms in total. The number of benzene rings is 2. The van der Waals surface area contributed by atoms with Crippen LogP contribution in [-0.2, 0) is 4.79 Å². The van der Waals surface area contributed by atoms with E-state index in [1.54, 1.807) is 4.90 Å². The SMILES string of the molecule is CC.N=C(NC(=O)c1cc(F)cc(F)c1)N1CCC(C(C(=O)O)N2CCC(c3c[nH]c4ccccc34)CC2)CC1. The van der Waals surface area contributed by atoms with Crippen LogP contribution in [0.15, 0.2) is 48.7 Å². The summed E-state index contributed by atoms with van der Waals surface area (Å²) in [4.78, 5) is 31.8. The number of guanidine groups is 1. The highest BCUT2D eigenvalue weighted by Gasteiger charge is 2.38. The number of nitrogens with zero attached hydrogens (tertiary/aromatic N) is 2. The number of H-pyrrole nitrogens is 1. The van der Waals surface area contributed by atoms with Gasteiger partial charge in [-0.1, -0.05) is 32.0 Å². The average molecular weight is 554 g/mol. The number of likely N-dealkylation sites (tertiary alicyclic amines) is 2. The standard InChI is InChI=1S/C28H31F2N5O3.C2H6/c29-20-13-19(14-21(30)15-20)26(36)33-28(31)35-11-7-18(8-12-35)25(27(37)38)34-9-5-17(6-10-34)23-16-32-24-4-2-1-3-22(23)24;1-2/h1-4,13-18,25,32H,5-12H2,(H,37,38)(H2,31,33,36);1-2H3. The number of amides is 1. The van der Waals surface area contributed by atoms with Crippen molar-refractivity contribution in [1.82, 2.24) is 20.1 Å². The molecule has 0 saturated carbocycles. The summed E-state index contributed by atoms with van der Waals surface area (Å²) in [5, 5.41) is 22.0. The number of rotatable bonds is 5. The quantitative estimate of drug-likeness (QED) is 0.257. The molecular formula is C30H37F2N5O3. The summed E-state index contributed by atoms with van der Waals surface area (Å²) < 4.78 is 26.9. The van der Waals surface area contributed by atoms with Crippen molar-refractivity contribution in [2.24, 2.45) is 5.92 Å². The number of carbonyl (C=O) groups excluding carboxylic acids is 1. The third-order valence-electron chi connectivity index (χ3n) is 7.90. The first-order valence-corrected chi connectivity index (χ1v) is 13.9. The molecular weight excluding hydrogens is 516 g/mol. The van der Waals surface area contributed by atoms with Gasteiger partial charge in [-0.15, -0.1) is 0 Å². The summed E-state index contributed by atoms with van der Waals surface area (Å²) in [6.45, 7) is 6.24. The topological polar surface area (TPSA) is 113 Å². The number of piperidine rings is 2. The minimum Gasteiger partial charge on any atom is -0.480 e. The normalized spacial score (nSPS) is 17.6. The third-order valence-corrected chi connectivity index (χ3v) is 7.90. The number of aromatic amines is 1. The van der Waals surface area contributed by atoms with Gasteiger partial charge in [0.25, 0.3) is 5.91 Å². The van der Waals surface area contributed by atoms with Crippen molar-refractivity contribution < 1.29 is 23.5 Å². The van der Waals surface area contributed by atoms with Crippen molar-refractivity contribution in [3.05, 3.63) is 71.4 Å². The third kappa shape index (κ3) is 6.50. The maximum absolute atomic E-state index is 13.4. The summed E-state index contributed by atoms with van der Waals surface area (Å²) >= 11 is 0. The Bertz CT molecular complexity index is 1320. The van der Waals surface area contributed by atoms with E-state index in [0.29, 0.717) is 51.0 Å². The van der Waals surface area contributed by atoms with E-state index in [9.17, 15) is 23.5 Å². The molecule has 5 rings (SSSR count). The number of carbonyl (C=O) groups is 2. The summed E-state index contributed by atoms with van der Waals surface area (Å²) in [5.74, 6) is -3.18. The minimum atomic E-state index is -0.868. The highest BCUT2D eigenvalue weighted by atomic mass is 19.1. The van der Waals surface area contributed by atoms with Crippen LogP contribution in [0.4, 0.5) is 8.78 Å². The fourth-order valence-electron chi connectivity index (χ4n) is 5.96. The lowest BCUT2D eigenvalue weighted by molar-refractivity contribution is -0.146. The lowest BCUT2D eigenvalue weighted by atomic mass is 9.84. The molecule has 0 bridgehead atoms. The molecule has 2 aliphatic rings. The highest BCUT2D eigenvalue weighted by molar-refractivity contribution is 6.04. The van der Waals surface area contributed by atoms with Gasteiger partial charge in [-0.3, -0.25) is 25.2 Å². The molecule has 1 amide bonds. The smallest absolute Gasteiger partial charge is 0.321 e. The van der Waals surface area contributed by atoms with Gasteiger partial charge in [0, 0.05) is 41.8 Å². The van der Waals surface area contributed by atoms with Crippen molar-refractivity contribution in [3.8, 4) is 0 Å². The molecule has 10 heteroatoms. The molecule has 4 N–H and O–H groups in total. The first-order valence-electron chi connectivity index (χ1n) is 13.9. The van der Waals surface area contributed by atoms with Gasteiger partial charge < -0.3 is 15.0 Å². The number of aliphatic carboxylic acids is 1. The highest BCUT2D eigenvalue weighted by Crippen LogP contribution is 2.35. The Labute approximate surface area is 232 Å². The Morgan fingerprint density at radius 1 is 1.00 bits per heavy atom. The van der Waals surface area contributed by atoms with Crippen LogP contribution in [0.1, 0.15) is 61.4 Å². The first kappa shape index (κ1) is 29.2. The number of hydrogen-bond donors (Lipinski definition) is 4. The summed E-state index contributed by atoms with van der Waals surface area (Å²) in [5.41, 5.74) is 2.20. The number of halogens is 2. The van der Waals surface area contributed by atoms with Crippen LogP contribution in [-0.4, -0.2) is 69.9 Å². The number of fused-ring (bicyclic) bond motifs is 1. The van der Waals surface area contributed by atoms with Crippen LogP contribution in [0, 0.1) is 23.0 Å². The van der Waals surface area contributed by atoms with E-state index in [1.807, 2.05) is 26.0 Å². The van der Waals surface area contributed by atoms with Crippen LogP contribution in [0.3, 0.4) is 0 Å². The molecule has 2 aliphatic heterocycles. The van der Waals surface area contributed by atoms with Gasteiger partial charge in [0.05, 0.1) is 0 Å². The molecule has 2 aromatic carbocycles. The Morgan fingerprint density at radius 2 is 1.62 bits per heavy atom. The molecule has 1 aromatic heterocycles. The predicted molar refractivity (Wildman–Crippen MR) is 150 cm³/mol. The number of carboxylic acids is 1. The van der Waals surface area contributed by atoms with Crippen molar-refractivity contribution in [2.45, 2.75) is 51.5 Å². The van der Waals surface area contributed by atoms with Gasteiger partial charge in [-0.2, -0.15) is 0 Å². The number of hydrogen-bond acceptors (Lipinski definition) is 4. The molecule has 40 heavy (non-hydrogen) atoms. The Morgan fingerprint density at radius 3 is 2.25 bits per heavy atom. The van der Waals surface area contributed by atoms with Gasteiger partial charge in [-0.25, -0.2) is 8.78 Å². The molecule has 3 heterocycles. The second-order valence-corrected chi connectivity index (χ2v) is 10.2. The zero-order valence-corrected chi connectivity index (χ0v) is 22.9. The second-order valence-electron chi connectivity index (χ2n) is 10.2. The van der Waals surface area contributed by atoms with Crippen LogP contribution >= 0.6 is 0 Å². The van der Waals surface area contributed by atoms with Gasteiger partial charge >= 0.3 is 5.97 Å². The Hall–Kier alpha value is -3.79. The summed E-state index contributed by atoms with van der Waals surface area (Å²) in [7, 11) is 0. The van der Waals surface area contributed by atoms with Gasteiger partial charge in [0.2, 0.25) is 0 Å².